The number of carboxylic acids is 1. The fraction of sp³-hybridized carbons (Fsp3) is 0.368. The molecule has 0 radical (unpaired) electrons. The van der Waals surface area contributed by atoms with Crippen LogP contribution in [0.25, 0.3) is 0 Å². The Bertz CT molecular complexity index is 773. The van der Waals surface area contributed by atoms with Crippen LogP contribution in [0.5, 0.6) is 0 Å². The fourth-order valence-electron chi connectivity index (χ4n) is 3.37. The number of pyridine rings is 1. The van der Waals surface area contributed by atoms with Crippen LogP contribution in [0.2, 0.25) is 0 Å². The maximum Gasteiger partial charge on any atom is 0.325 e. The molecule has 1 saturated heterocycles. The lowest BCUT2D eigenvalue weighted by Gasteiger charge is -2.38. The normalized spacial score (nSPS) is 16.7. The molecule has 1 aliphatic heterocycles. The van der Waals surface area contributed by atoms with Gasteiger partial charge in [-0.25, -0.2) is 9.37 Å². The number of piperazine rings is 1. The summed E-state index contributed by atoms with van der Waals surface area (Å²) in [5.41, 5.74) is 1.79. The molecule has 3 rings (SSSR count). The Morgan fingerprint density at radius 1 is 1.12 bits per heavy atom. The van der Waals surface area contributed by atoms with Gasteiger partial charge in [-0.05, 0) is 31.0 Å². The Kier molecular flexibility index (Phi) is 4.99. The van der Waals surface area contributed by atoms with Gasteiger partial charge in [-0.3, -0.25) is 9.69 Å². The number of rotatable bonds is 4. The molecule has 25 heavy (non-hydrogen) atoms. The number of carboxylic acid groups (broad SMARTS) is 1. The first-order chi connectivity index (χ1) is 12.0. The predicted molar refractivity (Wildman–Crippen MR) is 94.3 cm³/mol. The van der Waals surface area contributed by atoms with Crippen molar-refractivity contribution in [2.45, 2.75) is 19.9 Å². The number of nitrogens with zero attached hydrogens (tertiary/aromatic N) is 3. The lowest BCUT2D eigenvalue weighted by molar-refractivity contribution is -0.143. The van der Waals surface area contributed by atoms with Crippen LogP contribution in [0.15, 0.2) is 36.5 Å². The second-order valence-electron chi connectivity index (χ2n) is 6.39. The average Bonchev–Trinajstić information content (AvgIpc) is 2.60. The summed E-state index contributed by atoms with van der Waals surface area (Å²) in [6, 6.07) is 7.87. The lowest BCUT2D eigenvalue weighted by Crippen LogP contribution is -2.49. The van der Waals surface area contributed by atoms with Gasteiger partial charge in [0.15, 0.2) is 0 Å². The zero-order chi connectivity index (χ0) is 18.0. The van der Waals surface area contributed by atoms with Crippen molar-refractivity contribution in [3.8, 4) is 0 Å². The third-order valence-electron chi connectivity index (χ3n) is 4.71. The Morgan fingerprint density at radius 2 is 1.80 bits per heavy atom. The molecule has 1 aromatic carbocycles. The second kappa shape index (κ2) is 7.19. The molecule has 5 nitrogen and oxygen atoms in total. The van der Waals surface area contributed by atoms with E-state index < -0.39 is 17.8 Å². The molecule has 1 fully saturated rings. The van der Waals surface area contributed by atoms with Crippen molar-refractivity contribution in [3.05, 3.63) is 59.0 Å². The first-order valence-corrected chi connectivity index (χ1v) is 8.37. The van der Waals surface area contributed by atoms with Crippen LogP contribution in [0, 0.1) is 19.7 Å². The van der Waals surface area contributed by atoms with Gasteiger partial charge < -0.3 is 10.0 Å². The van der Waals surface area contributed by atoms with Crippen LogP contribution in [-0.4, -0.2) is 47.1 Å². The molecule has 0 amide bonds. The van der Waals surface area contributed by atoms with E-state index in [1.807, 2.05) is 24.0 Å². The largest absolute Gasteiger partial charge is 0.480 e. The van der Waals surface area contributed by atoms with E-state index in [2.05, 4.69) is 9.88 Å². The van der Waals surface area contributed by atoms with Crippen LogP contribution in [0.4, 0.5) is 10.2 Å². The molecular formula is C19H22FN3O2. The molecule has 1 atom stereocenters. The Balaban J connectivity index is 1.79. The highest BCUT2D eigenvalue weighted by atomic mass is 19.1. The van der Waals surface area contributed by atoms with E-state index in [0.717, 1.165) is 11.4 Å². The summed E-state index contributed by atoms with van der Waals surface area (Å²) < 4.78 is 14.5. The molecule has 1 aliphatic rings. The number of aromatic nitrogens is 1. The highest BCUT2D eigenvalue weighted by Crippen LogP contribution is 2.28. The van der Waals surface area contributed by atoms with Gasteiger partial charge in [0.05, 0.1) is 0 Å². The molecule has 2 aromatic rings. The summed E-state index contributed by atoms with van der Waals surface area (Å²) in [4.78, 5) is 20.2. The SMILES string of the molecule is Cc1cccnc1N1CCN(C(C(=O)O)c2cccc(C)c2F)CC1. The summed E-state index contributed by atoms with van der Waals surface area (Å²) >= 11 is 0. The first kappa shape index (κ1) is 17.4. The highest BCUT2D eigenvalue weighted by Gasteiger charge is 2.32. The predicted octanol–water partition coefficient (Wildman–Crippen LogP) is 2.79. The summed E-state index contributed by atoms with van der Waals surface area (Å²) in [5.74, 6) is -0.527. The molecule has 0 aliphatic carbocycles. The van der Waals surface area contributed by atoms with E-state index in [-0.39, 0.29) is 5.56 Å². The minimum Gasteiger partial charge on any atom is -0.480 e. The van der Waals surface area contributed by atoms with Gasteiger partial charge in [-0.15, -0.1) is 0 Å². The van der Waals surface area contributed by atoms with Gasteiger partial charge >= 0.3 is 5.97 Å². The Labute approximate surface area is 146 Å². The maximum atomic E-state index is 14.5. The first-order valence-electron chi connectivity index (χ1n) is 8.37. The number of hydrogen-bond donors (Lipinski definition) is 1. The minimum absolute atomic E-state index is 0.231. The van der Waals surface area contributed by atoms with Gasteiger partial charge in [0.1, 0.15) is 17.7 Å². The van der Waals surface area contributed by atoms with Crippen molar-refractivity contribution >= 4 is 11.8 Å². The van der Waals surface area contributed by atoms with Crippen LogP contribution in [0.3, 0.4) is 0 Å². The molecule has 1 aromatic heterocycles. The zero-order valence-electron chi connectivity index (χ0n) is 14.4. The van der Waals surface area contributed by atoms with Crippen molar-refractivity contribution in [1.82, 2.24) is 9.88 Å². The summed E-state index contributed by atoms with van der Waals surface area (Å²) in [6.07, 6.45) is 1.76. The molecule has 1 N–H and O–H groups in total. The molecule has 6 heteroatoms. The number of halogens is 1. The summed E-state index contributed by atoms with van der Waals surface area (Å²) in [6.45, 7) is 6.07. The summed E-state index contributed by atoms with van der Waals surface area (Å²) in [7, 11) is 0. The Morgan fingerprint density at radius 3 is 2.44 bits per heavy atom. The van der Waals surface area contributed by atoms with E-state index >= 15 is 0 Å². The van der Waals surface area contributed by atoms with Crippen molar-refractivity contribution in [2.24, 2.45) is 0 Å². The van der Waals surface area contributed by atoms with E-state index in [0.29, 0.717) is 31.7 Å². The summed E-state index contributed by atoms with van der Waals surface area (Å²) in [5, 5.41) is 9.69. The number of aryl methyl sites for hydroxylation is 2. The molecular weight excluding hydrogens is 321 g/mol. The molecule has 0 bridgehead atoms. The Hall–Kier alpha value is -2.47. The van der Waals surface area contributed by atoms with Gasteiger partial charge in [0.25, 0.3) is 0 Å². The van der Waals surface area contributed by atoms with Crippen LogP contribution >= 0.6 is 0 Å². The van der Waals surface area contributed by atoms with Crippen LogP contribution in [0.1, 0.15) is 22.7 Å². The molecule has 2 heterocycles. The lowest BCUT2D eigenvalue weighted by atomic mass is 10.0. The quantitative estimate of drug-likeness (QED) is 0.925. The maximum absolute atomic E-state index is 14.5. The topological polar surface area (TPSA) is 56.7 Å². The minimum atomic E-state index is -1.02. The van der Waals surface area contributed by atoms with Gasteiger partial charge in [0, 0.05) is 37.9 Å². The van der Waals surface area contributed by atoms with Crippen LogP contribution < -0.4 is 4.90 Å². The van der Waals surface area contributed by atoms with Crippen molar-refractivity contribution in [2.75, 3.05) is 31.1 Å². The average molecular weight is 343 g/mol. The fourth-order valence-corrected chi connectivity index (χ4v) is 3.37. The number of aliphatic carboxylic acids is 1. The molecule has 0 saturated carbocycles. The van der Waals surface area contributed by atoms with E-state index in [1.54, 1.807) is 31.3 Å². The van der Waals surface area contributed by atoms with Crippen LogP contribution in [-0.2, 0) is 4.79 Å². The van der Waals surface area contributed by atoms with Gasteiger partial charge in [-0.1, -0.05) is 24.3 Å². The monoisotopic (exact) mass is 343 g/mol. The van der Waals surface area contributed by atoms with E-state index in [4.69, 9.17) is 0 Å². The third kappa shape index (κ3) is 3.49. The highest BCUT2D eigenvalue weighted by molar-refractivity contribution is 5.76. The third-order valence-corrected chi connectivity index (χ3v) is 4.71. The smallest absolute Gasteiger partial charge is 0.325 e. The van der Waals surface area contributed by atoms with Crippen molar-refractivity contribution in [1.29, 1.82) is 0 Å². The van der Waals surface area contributed by atoms with Crippen molar-refractivity contribution in [3.63, 3.8) is 0 Å². The number of hydrogen-bond acceptors (Lipinski definition) is 4. The standard InChI is InChI=1S/C19H22FN3O2/c1-13-5-3-7-15(16(13)20)17(19(24)25)22-9-11-23(12-10-22)18-14(2)6-4-8-21-18/h3-8,17H,9-12H2,1-2H3,(H,24,25). The van der Waals surface area contributed by atoms with E-state index in [9.17, 15) is 14.3 Å². The number of carbonyl (C=O) groups is 1. The zero-order valence-corrected chi connectivity index (χ0v) is 14.4. The molecule has 0 spiro atoms. The molecule has 1 unspecified atom stereocenters. The van der Waals surface area contributed by atoms with E-state index in [1.165, 1.54) is 0 Å². The molecule has 132 valence electrons. The van der Waals surface area contributed by atoms with Gasteiger partial charge in [0.2, 0.25) is 0 Å². The number of anilines is 1. The second-order valence-corrected chi connectivity index (χ2v) is 6.39. The van der Waals surface area contributed by atoms with Crippen molar-refractivity contribution < 1.29 is 14.3 Å². The van der Waals surface area contributed by atoms with Gasteiger partial charge in [-0.2, -0.15) is 0 Å². The number of benzene rings is 1.